The fourth-order valence-corrected chi connectivity index (χ4v) is 7.56. The van der Waals surface area contributed by atoms with Gasteiger partial charge in [-0.3, -0.25) is 13.8 Å². The van der Waals surface area contributed by atoms with E-state index in [-0.39, 0.29) is 25.6 Å². The molecule has 0 aromatic rings. The van der Waals surface area contributed by atoms with Crippen molar-refractivity contribution in [2.24, 2.45) is 0 Å². The van der Waals surface area contributed by atoms with Gasteiger partial charge < -0.3 is 24.6 Å². The molecule has 0 aliphatic carbocycles. The zero-order valence-corrected chi connectivity index (χ0v) is 36.4. The van der Waals surface area contributed by atoms with Crippen LogP contribution in [0.25, 0.3) is 0 Å². The number of hydrogen-bond acceptors (Lipinski definition) is 8. The second-order valence-corrected chi connectivity index (χ2v) is 17.2. The van der Waals surface area contributed by atoms with Crippen LogP contribution in [0.1, 0.15) is 232 Å². The Morgan fingerprint density at radius 3 is 1.20 bits per heavy atom. The van der Waals surface area contributed by atoms with Crippen molar-refractivity contribution in [1.29, 1.82) is 0 Å². The quantitative estimate of drug-likeness (QED) is 0.0313. The van der Waals surface area contributed by atoms with Gasteiger partial charge in [-0.2, -0.15) is 0 Å². The van der Waals surface area contributed by atoms with E-state index in [9.17, 15) is 19.4 Å². The number of carbonyl (C=O) groups excluding carboxylic acids is 1. The van der Waals surface area contributed by atoms with Crippen LogP contribution in [0, 0.1) is 0 Å². The fraction of sp³-hybridized carbons (Fsp3) is 0.977. The summed E-state index contributed by atoms with van der Waals surface area (Å²) in [5.74, 6) is -0.375. The SMILES string of the molecule is CCCCCCCCCCCCCCCCCCCCCCC(=O)OC(COCCCCCCCCCCCCCCC)COP(=O)(O)OCC(O)CO. The molecule has 0 rings (SSSR count). The molecule has 0 aromatic heterocycles. The van der Waals surface area contributed by atoms with E-state index in [2.05, 4.69) is 13.8 Å². The summed E-state index contributed by atoms with van der Waals surface area (Å²) in [7, 11) is -4.51. The number of phosphoric acid groups is 1. The zero-order valence-electron chi connectivity index (χ0n) is 35.5. The predicted octanol–water partition coefficient (Wildman–Crippen LogP) is 12.7. The van der Waals surface area contributed by atoms with Crippen molar-refractivity contribution in [1.82, 2.24) is 0 Å². The minimum Gasteiger partial charge on any atom is -0.457 e. The Balaban J connectivity index is 4.05. The van der Waals surface area contributed by atoms with Crippen LogP contribution in [0.2, 0.25) is 0 Å². The Hall–Kier alpha value is -0.540. The number of aliphatic hydroxyl groups excluding tert-OH is 2. The molecule has 0 heterocycles. The van der Waals surface area contributed by atoms with Gasteiger partial charge in [-0.15, -0.1) is 0 Å². The fourth-order valence-electron chi connectivity index (χ4n) is 6.77. The Morgan fingerprint density at radius 2 is 0.833 bits per heavy atom. The minimum atomic E-state index is -4.51. The van der Waals surface area contributed by atoms with Crippen LogP contribution in [-0.2, 0) is 27.9 Å². The third-order valence-electron chi connectivity index (χ3n) is 10.3. The summed E-state index contributed by atoms with van der Waals surface area (Å²) in [5.41, 5.74) is 0. The largest absolute Gasteiger partial charge is 0.472 e. The third kappa shape index (κ3) is 41.1. The molecule has 0 spiro atoms. The van der Waals surface area contributed by atoms with Crippen molar-refractivity contribution in [3.8, 4) is 0 Å². The summed E-state index contributed by atoms with van der Waals surface area (Å²) in [4.78, 5) is 22.6. The van der Waals surface area contributed by atoms with E-state index in [4.69, 9.17) is 23.6 Å². The predicted molar refractivity (Wildman–Crippen MR) is 224 cm³/mol. The summed E-state index contributed by atoms with van der Waals surface area (Å²) in [6.07, 6.45) is 40.6. The van der Waals surface area contributed by atoms with Crippen molar-refractivity contribution >= 4 is 13.8 Å². The van der Waals surface area contributed by atoms with Crippen LogP contribution in [0.5, 0.6) is 0 Å². The van der Waals surface area contributed by atoms with Crippen LogP contribution in [-0.4, -0.2) is 66.3 Å². The standard InChI is InChI=1S/C44H89O9P/c1-3-5-7-9-11-13-15-17-18-19-20-21-22-23-24-26-28-30-32-34-36-44(47)53-43(41-52-54(48,49)51-39-42(46)38-45)40-50-37-35-33-31-29-27-25-16-14-12-10-8-6-4-2/h42-43,45-46H,3-41H2,1-2H3,(H,48,49). The molecule has 3 N–H and O–H groups in total. The first-order valence-electron chi connectivity index (χ1n) is 23.0. The van der Waals surface area contributed by atoms with Gasteiger partial charge in [0.1, 0.15) is 12.2 Å². The lowest BCUT2D eigenvalue weighted by molar-refractivity contribution is -0.154. The summed E-state index contributed by atoms with van der Waals surface area (Å²) in [6.45, 7) is 3.58. The minimum absolute atomic E-state index is 0.0581. The van der Waals surface area contributed by atoms with Gasteiger partial charge in [0.2, 0.25) is 0 Å². The molecular formula is C44H89O9P. The van der Waals surface area contributed by atoms with Crippen molar-refractivity contribution in [3.05, 3.63) is 0 Å². The van der Waals surface area contributed by atoms with Gasteiger partial charge in [-0.1, -0.05) is 213 Å². The van der Waals surface area contributed by atoms with Crippen LogP contribution >= 0.6 is 7.82 Å². The first-order chi connectivity index (χ1) is 26.3. The summed E-state index contributed by atoms with van der Waals surface area (Å²) in [6, 6.07) is 0. The zero-order chi connectivity index (χ0) is 39.6. The van der Waals surface area contributed by atoms with Gasteiger partial charge >= 0.3 is 13.8 Å². The van der Waals surface area contributed by atoms with Crippen LogP contribution in [0.15, 0.2) is 0 Å². The van der Waals surface area contributed by atoms with E-state index in [1.165, 1.54) is 180 Å². The van der Waals surface area contributed by atoms with Gasteiger partial charge in [0.15, 0.2) is 0 Å². The van der Waals surface area contributed by atoms with E-state index < -0.39 is 33.2 Å². The Kier molecular flexibility index (Phi) is 41.7. The topological polar surface area (TPSA) is 132 Å². The lowest BCUT2D eigenvalue weighted by Crippen LogP contribution is -2.29. The van der Waals surface area contributed by atoms with Gasteiger partial charge in [0, 0.05) is 13.0 Å². The molecule has 0 radical (unpaired) electrons. The Morgan fingerprint density at radius 1 is 0.500 bits per heavy atom. The van der Waals surface area contributed by atoms with Crippen molar-refractivity contribution in [2.75, 3.05) is 33.0 Å². The lowest BCUT2D eigenvalue weighted by Gasteiger charge is -2.20. The number of ether oxygens (including phenoxy) is 2. The second-order valence-electron chi connectivity index (χ2n) is 15.8. The molecule has 0 aliphatic heterocycles. The van der Waals surface area contributed by atoms with Crippen LogP contribution in [0.4, 0.5) is 0 Å². The lowest BCUT2D eigenvalue weighted by atomic mass is 10.0. The number of esters is 1. The first kappa shape index (κ1) is 53.5. The van der Waals surface area contributed by atoms with E-state index in [0.29, 0.717) is 6.61 Å². The van der Waals surface area contributed by atoms with Crippen LogP contribution < -0.4 is 0 Å². The van der Waals surface area contributed by atoms with Gasteiger partial charge in [0.05, 0.1) is 26.4 Å². The smallest absolute Gasteiger partial charge is 0.457 e. The van der Waals surface area contributed by atoms with Gasteiger partial charge in [-0.25, -0.2) is 4.57 Å². The summed E-state index contributed by atoms with van der Waals surface area (Å²) in [5, 5.41) is 18.3. The molecule has 54 heavy (non-hydrogen) atoms. The highest BCUT2D eigenvalue weighted by molar-refractivity contribution is 7.47. The highest BCUT2D eigenvalue weighted by Crippen LogP contribution is 2.43. The Bertz CT molecular complexity index is 815. The molecule has 3 unspecified atom stereocenters. The van der Waals surface area contributed by atoms with Crippen molar-refractivity contribution in [3.63, 3.8) is 0 Å². The van der Waals surface area contributed by atoms with Crippen molar-refractivity contribution < 1.29 is 43.0 Å². The summed E-state index contributed by atoms with van der Waals surface area (Å²) < 4.78 is 33.4. The number of carbonyl (C=O) groups is 1. The molecular weight excluding hydrogens is 703 g/mol. The van der Waals surface area contributed by atoms with Crippen molar-refractivity contribution in [2.45, 2.75) is 244 Å². The number of rotatable bonds is 45. The third-order valence-corrected chi connectivity index (χ3v) is 11.2. The molecule has 0 aliphatic rings. The molecule has 0 saturated heterocycles. The molecule has 3 atom stereocenters. The average Bonchev–Trinajstić information content (AvgIpc) is 3.16. The van der Waals surface area contributed by atoms with E-state index >= 15 is 0 Å². The van der Waals surface area contributed by atoms with E-state index in [1.54, 1.807) is 0 Å². The maximum atomic E-state index is 12.6. The molecule has 9 nitrogen and oxygen atoms in total. The highest BCUT2D eigenvalue weighted by Gasteiger charge is 2.26. The highest BCUT2D eigenvalue weighted by atomic mass is 31.2. The number of aliphatic hydroxyl groups is 2. The average molecular weight is 793 g/mol. The molecule has 0 saturated carbocycles. The maximum Gasteiger partial charge on any atom is 0.472 e. The molecule has 0 fully saturated rings. The maximum absolute atomic E-state index is 12.6. The normalized spacial score (nSPS) is 13.9. The van der Waals surface area contributed by atoms with Crippen LogP contribution in [0.3, 0.4) is 0 Å². The monoisotopic (exact) mass is 793 g/mol. The Labute approximate surface area is 333 Å². The van der Waals surface area contributed by atoms with E-state index in [0.717, 1.165) is 32.1 Å². The number of phosphoric ester groups is 1. The molecule has 0 aromatic carbocycles. The number of unbranched alkanes of at least 4 members (excludes halogenated alkanes) is 31. The molecule has 10 heteroatoms. The molecule has 0 bridgehead atoms. The second kappa shape index (κ2) is 42.1. The first-order valence-corrected chi connectivity index (χ1v) is 24.5. The molecule has 0 amide bonds. The van der Waals surface area contributed by atoms with Gasteiger partial charge in [0.25, 0.3) is 0 Å². The molecule has 324 valence electrons. The number of hydrogen-bond donors (Lipinski definition) is 3. The summed E-state index contributed by atoms with van der Waals surface area (Å²) >= 11 is 0. The van der Waals surface area contributed by atoms with Gasteiger partial charge in [-0.05, 0) is 12.8 Å². The van der Waals surface area contributed by atoms with E-state index in [1.807, 2.05) is 0 Å².